The van der Waals surface area contributed by atoms with Crippen LogP contribution in [0, 0.1) is 0 Å². The van der Waals surface area contributed by atoms with Gasteiger partial charge in [0, 0.05) is 13.5 Å². The third-order valence-corrected chi connectivity index (χ3v) is 3.23. The highest BCUT2D eigenvalue weighted by Gasteiger charge is 2.42. The standard InChI is InChI=1S/C11H18O3/c1-13-11-9(12)7-10(11)14-8-5-3-2-4-6-8/h8,10-11H,2-7H2,1H3. The first kappa shape index (κ1) is 10.1. The molecule has 14 heavy (non-hydrogen) atoms. The lowest BCUT2D eigenvalue weighted by Crippen LogP contribution is -2.51. The van der Waals surface area contributed by atoms with Crippen LogP contribution in [0.4, 0.5) is 0 Å². The van der Waals surface area contributed by atoms with Gasteiger partial charge in [-0.3, -0.25) is 4.79 Å². The van der Waals surface area contributed by atoms with E-state index in [1.807, 2.05) is 0 Å². The van der Waals surface area contributed by atoms with Gasteiger partial charge in [-0.05, 0) is 12.8 Å². The van der Waals surface area contributed by atoms with Crippen LogP contribution in [0.5, 0.6) is 0 Å². The molecule has 0 bridgehead atoms. The summed E-state index contributed by atoms with van der Waals surface area (Å²) in [5, 5.41) is 0. The van der Waals surface area contributed by atoms with Crippen molar-refractivity contribution in [3.63, 3.8) is 0 Å². The van der Waals surface area contributed by atoms with Crippen molar-refractivity contribution in [1.82, 2.24) is 0 Å². The van der Waals surface area contributed by atoms with Gasteiger partial charge in [0.25, 0.3) is 0 Å². The maximum absolute atomic E-state index is 11.1. The van der Waals surface area contributed by atoms with Gasteiger partial charge in [0.15, 0.2) is 5.78 Å². The molecule has 2 unspecified atom stereocenters. The summed E-state index contributed by atoms with van der Waals surface area (Å²) >= 11 is 0. The predicted molar refractivity (Wildman–Crippen MR) is 52.2 cm³/mol. The van der Waals surface area contributed by atoms with Gasteiger partial charge in [-0.1, -0.05) is 19.3 Å². The van der Waals surface area contributed by atoms with Crippen molar-refractivity contribution in [2.45, 2.75) is 56.8 Å². The molecule has 0 saturated heterocycles. The second-order valence-corrected chi connectivity index (χ2v) is 4.26. The third kappa shape index (κ3) is 1.98. The van der Waals surface area contributed by atoms with Gasteiger partial charge < -0.3 is 9.47 Å². The lowest BCUT2D eigenvalue weighted by Gasteiger charge is -2.37. The zero-order chi connectivity index (χ0) is 9.97. The van der Waals surface area contributed by atoms with Crippen molar-refractivity contribution >= 4 is 5.78 Å². The zero-order valence-electron chi connectivity index (χ0n) is 8.70. The number of ketones is 1. The van der Waals surface area contributed by atoms with Crippen molar-refractivity contribution in [2.75, 3.05) is 7.11 Å². The average Bonchev–Trinajstić information content (AvgIpc) is 2.19. The Morgan fingerprint density at radius 3 is 2.50 bits per heavy atom. The Kier molecular flexibility index (Phi) is 3.19. The van der Waals surface area contributed by atoms with Crippen molar-refractivity contribution in [2.24, 2.45) is 0 Å². The van der Waals surface area contributed by atoms with Gasteiger partial charge in [0.1, 0.15) is 6.10 Å². The number of carbonyl (C=O) groups excluding carboxylic acids is 1. The SMILES string of the molecule is COC1C(=O)CC1OC1CCCCC1. The number of Topliss-reactive ketones (excluding diaryl/α,β-unsaturated/α-hetero) is 1. The Balaban J connectivity index is 1.77. The number of hydrogen-bond acceptors (Lipinski definition) is 3. The van der Waals surface area contributed by atoms with Crippen molar-refractivity contribution < 1.29 is 14.3 Å². The molecule has 0 N–H and O–H groups in total. The Hall–Kier alpha value is -0.410. The van der Waals surface area contributed by atoms with Crippen LogP contribution in [0.1, 0.15) is 38.5 Å². The molecule has 0 aromatic carbocycles. The molecule has 0 amide bonds. The smallest absolute Gasteiger partial charge is 0.166 e. The van der Waals surface area contributed by atoms with Crippen molar-refractivity contribution in [3.8, 4) is 0 Å². The Labute approximate surface area is 84.8 Å². The summed E-state index contributed by atoms with van der Waals surface area (Å²) in [5.74, 6) is 0.188. The van der Waals surface area contributed by atoms with Gasteiger partial charge >= 0.3 is 0 Å². The lowest BCUT2D eigenvalue weighted by atomic mass is 9.89. The first-order valence-electron chi connectivity index (χ1n) is 5.52. The fraction of sp³-hybridized carbons (Fsp3) is 0.909. The zero-order valence-corrected chi connectivity index (χ0v) is 8.70. The van der Waals surface area contributed by atoms with Crippen molar-refractivity contribution in [3.05, 3.63) is 0 Å². The van der Waals surface area contributed by atoms with Crippen LogP contribution >= 0.6 is 0 Å². The first-order valence-corrected chi connectivity index (χ1v) is 5.52. The van der Waals surface area contributed by atoms with E-state index in [4.69, 9.17) is 9.47 Å². The topological polar surface area (TPSA) is 35.5 Å². The van der Waals surface area contributed by atoms with E-state index in [-0.39, 0.29) is 18.0 Å². The molecule has 2 aliphatic rings. The van der Waals surface area contributed by atoms with E-state index in [9.17, 15) is 4.79 Å². The molecule has 0 aromatic rings. The van der Waals surface area contributed by atoms with Crippen LogP contribution in [0.3, 0.4) is 0 Å². The number of hydrogen-bond donors (Lipinski definition) is 0. The number of carbonyl (C=O) groups is 1. The highest BCUT2D eigenvalue weighted by Crippen LogP contribution is 2.28. The van der Waals surface area contributed by atoms with Crippen LogP contribution < -0.4 is 0 Å². The molecule has 3 nitrogen and oxygen atoms in total. The minimum Gasteiger partial charge on any atom is -0.371 e. The minimum atomic E-state index is -0.281. The monoisotopic (exact) mass is 198 g/mol. The molecule has 0 heterocycles. The van der Waals surface area contributed by atoms with E-state index in [0.29, 0.717) is 12.5 Å². The Bertz CT molecular complexity index is 209. The first-order chi connectivity index (χ1) is 6.81. The summed E-state index contributed by atoms with van der Waals surface area (Å²) < 4.78 is 10.9. The van der Waals surface area contributed by atoms with E-state index < -0.39 is 0 Å². The van der Waals surface area contributed by atoms with Crippen LogP contribution in [-0.2, 0) is 14.3 Å². The summed E-state index contributed by atoms with van der Waals surface area (Å²) in [7, 11) is 1.58. The molecule has 2 atom stereocenters. The molecule has 2 saturated carbocycles. The lowest BCUT2D eigenvalue weighted by molar-refractivity contribution is -0.171. The van der Waals surface area contributed by atoms with Gasteiger partial charge in [0.2, 0.25) is 0 Å². The molecular formula is C11H18O3. The van der Waals surface area contributed by atoms with Gasteiger partial charge in [0.05, 0.1) is 12.2 Å². The second kappa shape index (κ2) is 4.41. The van der Waals surface area contributed by atoms with E-state index in [1.54, 1.807) is 7.11 Å². The largest absolute Gasteiger partial charge is 0.371 e. The maximum Gasteiger partial charge on any atom is 0.166 e. The fourth-order valence-electron chi connectivity index (χ4n) is 2.32. The number of rotatable bonds is 3. The fourth-order valence-corrected chi connectivity index (χ4v) is 2.32. The Morgan fingerprint density at radius 2 is 1.93 bits per heavy atom. The highest BCUT2D eigenvalue weighted by molar-refractivity contribution is 5.90. The van der Waals surface area contributed by atoms with Crippen LogP contribution in [0.15, 0.2) is 0 Å². The minimum absolute atomic E-state index is 0.0376. The van der Waals surface area contributed by atoms with Crippen LogP contribution in [-0.4, -0.2) is 31.2 Å². The van der Waals surface area contributed by atoms with E-state index in [0.717, 1.165) is 12.8 Å². The molecular weight excluding hydrogens is 180 g/mol. The van der Waals surface area contributed by atoms with E-state index in [1.165, 1.54) is 19.3 Å². The second-order valence-electron chi connectivity index (χ2n) is 4.26. The highest BCUT2D eigenvalue weighted by atomic mass is 16.5. The number of methoxy groups -OCH3 is 1. The average molecular weight is 198 g/mol. The molecule has 0 spiro atoms. The number of ether oxygens (including phenoxy) is 2. The molecule has 2 rings (SSSR count). The molecule has 2 aliphatic carbocycles. The maximum atomic E-state index is 11.1. The summed E-state index contributed by atoms with van der Waals surface area (Å²) in [6.45, 7) is 0. The molecule has 2 fully saturated rings. The Morgan fingerprint density at radius 1 is 1.21 bits per heavy atom. The normalized spacial score (nSPS) is 34.2. The van der Waals surface area contributed by atoms with Gasteiger partial charge in [-0.2, -0.15) is 0 Å². The molecule has 0 aliphatic heterocycles. The van der Waals surface area contributed by atoms with Crippen molar-refractivity contribution in [1.29, 1.82) is 0 Å². The van der Waals surface area contributed by atoms with Gasteiger partial charge in [-0.25, -0.2) is 0 Å². The van der Waals surface area contributed by atoms with E-state index >= 15 is 0 Å². The van der Waals surface area contributed by atoms with Crippen LogP contribution in [0.2, 0.25) is 0 Å². The van der Waals surface area contributed by atoms with Gasteiger partial charge in [-0.15, -0.1) is 0 Å². The summed E-state index contributed by atoms with van der Waals surface area (Å²) in [6, 6.07) is 0. The predicted octanol–water partition coefficient (Wildman–Crippen LogP) is 1.69. The quantitative estimate of drug-likeness (QED) is 0.692. The summed E-state index contributed by atoms with van der Waals surface area (Å²) in [5.41, 5.74) is 0. The third-order valence-electron chi connectivity index (χ3n) is 3.23. The molecule has 0 radical (unpaired) electrons. The molecule has 3 heteroatoms. The summed E-state index contributed by atoms with van der Waals surface area (Å²) in [4.78, 5) is 11.1. The van der Waals surface area contributed by atoms with E-state index in [2.05, 4.69) is 0 Å². The summed E-state index contributed by atoms with van der Waals surface area (Å²) in [6.07, 6.45) is 6.85. The van der Waals surface area contributed by atoms with Crippen LogP contribution in [0.25, 0.3) is 0 Å². The molecule has 0 aromatic heterocycles. The molecule has 80 valence electrons.